The van der Waals surface area contributed by atoms with Crippen molar-refractivity contribution in [1.29, 1.82) is 0 Å². The minimum Gasteiger partial charge on any atom is -0.406 e. The molecule has 1 aliphatic rings. The van der Waals surface area contributed by atoms with Crippen molar-refractivity contribution in [1.82, 2.24) is 15.3 Å². The molecule has 0 radical (unpaired) electrons. The summed E-state index contributed by atoms with van der Waals surface area (Å²) in [6.07, 6.45) is -0.918. The zero-order chi connectivity index (χ0) is 20.3. The van der Waals surface area contributed by atoms with Crippen LogP contribution in [0.3, 0.4) is 0 Å². The van der Waals surface area contributed by atoms with E-state index in [1.165, 1.54) is 18.3 Å². The van der Waals surface area contributed by atoms with E-state index in [0.717, 1.165) is 25.0 Å². The summed E-state index contributed by atoms with van der Waals surface area (Å²) < 4.78 is 41.0. The van der Waals surface area contributed by atoms with Crippen molar-refractivity contribution in [3.05, 3.63) is 40.8 Å². The highest BCUT2D eigenvalue weighted by Gasteiger charge is 2.31. The number of aromatic nitrogens is 2. The van der Waals surface area contributed by atoms with Gasteiger partial charge in [0.25, 0.3) is 5.91 Å². The summed E-state index contributed by atoms with van der Waals surface area (Å²) >= 11 is 3.24. The molecule has 150 valence electrons. The molecule has 6 nitrogen and oxygen atoms in total. The molecular formula is C18H17BrF3N3O3. The van der Waals surface area contributed by atoms with E-state index < -0.39 is 18.4 Å². The van der Waals surface area contributed by atoms with Gasteiger partial charge in [-0.2, -0.15) is 0 Å². The SMILES string of the molecule is O=C(N[C@@H]1CCCC[C@H]1O)c1cnc(Br)c(-c2ccc(OC(F)(F)F)cc2)n1. The molecule has 0 saturated heterocycles. The summed E-state index contributed by atoms with van der Waals surface area (Å²) in [4.78, 5) is 20.8. The van der Waals surface area contributed by atoms with Gasteiger partial charge in [0.05, 0.1) is 18.3 Å². The van der Waals surface area contributed by atoms with Crippen LogP contribution in [-0.4, -0.2) is 39.5 Å². The van der Waals surface area contributed by atoms with Gasteiger partial charge in [-0.1, -0.05) is 12.8 Å². The van der Waals surface area contributed by atoms with Gasteiger partial charge in [-0.3, -0.25) is 4.79 Å². The molecule has 0 aliphatic heterocycles. The third-order valence-electron chi connectivity index (χ3n) is 4.37. The average Bonchev–Trinajstić information content (AvgIpc) is 2.63. The first-order valence-corrected chi connectivity index (χ1v) is 9.40. The molecule has 2 atom stereocenters. The highest BCUT2D eigenvalue weighted by molar-refractivity contribution is 9.10. The minimum atomic E-state index is -4.77. The Kier molecular flexibility index (Phi) is 6.19. The van der Waals surface area contributed by atoms with Crippen LogP contribution in [0.5, 0.6) is 5.75 Å². The van der Waals surface area contributed by atoms with Gasteiger partial charge >= 0.3 is 6.36 Å². The summed E-state index contributed by atoms with van der Waals surface area (Å²) in [7, 11) is 0. The zero-order valence-electron chi connectivity index (χ0n) is 14.5. The first-order chi connectivity index (χ1) is 13.2. The second kappa shape index (κ2) is 8.44. The maximum Gasteiger partial charge on any atom is 0.573 e. The Balaban J connectivity index is 1.78. The van der Waals surface area contributed by atoms with Crippen molar-refractivity contribution in [3.8, 4) is 17.0 Å². The van der Waals surface area contributed by atoms with Gasteiger partial charge in [0.1, 0.15) is 21.7 Å². The topological polar surface area (TPSA) is 84.3 Å². The van der Waals surface area contributed by atoms with E-state index in [9.17, 15) is 23.1 Å². The number of amides is 1. The minimum absolute atomic E-state index is 0.0478. The fourth-order valence-electron chi connectivity index (χ4n) is 3.00. The molecule has 1 saturated carbocycles. The average molecular weight is 460 g/mol. The maximum atomic E-state index is 12.5. The molecule has 1 aromatic heterocycles. The van der Waals surface area contributed by atoms with Crippen LogP contribution in [0.1, 0.15) is 36.2 Å². The summed E-state index contributed by atoms with van der Waals surface area (Å²) in [6, 6.07) is 4.75. The lowest BCUT2D eigenvalue weighted by molar-refractivity contribution is -0.274. The second-order valence-electron chi connectivity index (χ2n) is 6.40. The largest absolute Gasteiger partial charge is 0.573 e. The molecule has 1 aliphatic carbocycles. The Morgan fingerprint density at radius 3 is 2.54 bits per heavy atom. The van der Waals surface area contributed by atoms with E-state index in [-0.39, 0.29) is 17.5 Å². The number of alkyl halides is 3. The summed E-state index contributed by atoms with van der Waals surface area (Å²) in [5.74, 6) is -0.829. The van der Waals surface area contributed by atoms with Crippen LogP contribution in [-0.2, 0) is 0 Å². The molecule has 28 heavy (non-hydrogen) atoms. The van der Waals surface area contributed by atoms with Gasteiger partial charge in [-0.05, 0) is 53.0 Å². The number of rotatable bonds is 4. The monoisotopic (exact) mass is 459 g/mol. The van der Waals surface area contributed by atoms with Crippen LogP contribution in [0, 0.1) is 0 Å². The van der Waals surface area contributed by atoms with Gasteiger partial charge in [0.2, 0.25) is 0 Å². The quantitative estimate of drug-likeness (QED) is 0.725. The summed E-state index contributed by atoms with van der Waals surface area (Å²) in [5.41, 5.74) is 0.809. The molecule has 1 aromatic carbocycles. The fourth-order valence-corrected chi connectivity index (χ4v) is 3.42. The Bertz CT molecular complexity index is 846. The van der Waals surface area contributed by atoms with Crippen LogP contribution in [0.25, 0.3) is 11.3 Å². The first-order valence-electron chi connectivity index (χ1n) is 8.60. The first kappa shape index (κ1) is 20.5. The highest BCUT2D eigenvalue weighted by atomic mass is 79.9. The molecule has 3 rings (SSSR count). The van der Waals surface area contributed by atoms with Gasteiger partial charge in [-0.25, -0.2) is 9.97 Å². The molecule has 10 heteroatoms. The van der Waals surface area contributed by atoms with Crippen molar-refractivity contribution in [2.75, 3.05) is 0 Å². The van der Waals surface area contributed by atoms with Crippen LogP contribution in [0.4, 0.5) is 13.2 Å². The van der Waals surface area contributed by atoms with Crippen LogP contribution < -0.4 is 10.1 Å². The Morgan fingerprint density at radius 1 is 1.21 bits per heavy atom. The molecule has 0 bridgehead atoms. The smallest absolute Gasteiger partial charge is 0.406 e. The molecule has 1 amide bonds. The molecule has 0 spiro atoms. The third kappa shape index (κ3) is 5.20. The number of hydrogen-bond acceptors (Lipinski definition) is 5. The Labute approximate surface area is 167 Å². The van der Waals surface area contributed by atoms with Gasteiger partial charge < -0.3 is 15.2 Å². The number of hydrogen-bond donors (Lipinski definition) is 2. The number of halogens is 4. The fraction of sp³-hybridized carbons (Fsp3) is 0.389. The summed E-state index contributed by atoms with van der Waals surface area (Å²) in [6.45, 7) is 0. The lowest BCUT2D eigenvalue weighted by Crippen LogP contribution is -2.45. The lowest BCUT2D eigenvalue weighted by Gasteiger charge is -2.28. The number of aliphatic hydroxyl groups excluding tert-OH is 1. The molecule has 1 fully saturated rings. The zero-order valence-corrected chi connectivity index (χ0v) is 16.1. The molecule has 2 aromatic rings. The number of carbonyl (C=O) groups excluding carboxylic acids is 1. The predicted octanol–water partition coefficient (Wildman–Crippen LogP) is 3.84. The van der Waals surface area contributed by atoms with Gasteiger partial charge in [0, 0.05) is 5.56 Å². The summed E-state index contributed by atoms with van der Waals surface area (Å²) in [5, 5.41) is 12.8. The van der Waals surface area contributed by atoms with E-state index in [1.807, 2.05) is 0 Å². The van der Waals surface area contributed by atoms with Gasteiger partial charge in [-0.15, -0.1) is 13.2 Å². The van der Waals surface area contributed by atoms with Gasteiger partial charge in [0.15, 0.2) is 0 Å². The predicted molar refractivity (Wildman–Crippen MR) is 97.6 cm³/mol. The molecule has 2 N–H and O–H groups in total. The number of benzene rings is 1. The highest BCUT2D eigenvalue weighted by Crippen LogP contribution is 2.29. The van der Waals surface area contributed by atoms with E-state index >= 15 is 0 Å². The number of nitrogens with one attached hydrogen (secondary N) is 1. The van der Waals surface area contributed by atoms with E-state index in [0.29, 0.717) is 28.7 Å². The van der Waals surface area contributed by atoms with Crippen LogP contribution in [0.15, 0.2) is 35.1 Å². The lowest BCUT2D eigenvalue weighted by atomic mass is 9.92. The van der Waals surface area contributed by atoms with E-state index in [4.69, 9.17) is 0 Å². The number of nitrogens with zero attached hydrogens (tertiary/aromatic N) is 2. The van der Waals surface area contributed by atoms with Crippen molar-refractivity contribution >= 4 is 21.8 Å². The second-order valence-corrected chi connectivity index (χ2v) is 7.15. The molecule has 1 heterocycles. The normalized spacial score (nSPS) is 19.9. The number of aliphatic hydroxyl groups is 1. The van der Waals surface area contributed by atoms with E-state index in [1.54, 1.807) is 0 Å². The van der Waals surface area contributed by atoms with Crippen molar-refractivity contribution in [3.63, 3.8) is 0 Å². The van der Waals surface area contributed by atoms with Crippen LogP contribution in [0.2, 0.25) is 0 Å². The number of carbonyl (C=O) groups is 1. The third-order valence-corrected chi connectivity index (χ3v) is 4.95. The molecular weight excluding hydrogens is 443 g/mol. The Hall–Kier alpha value is -2.20. The van der Waals surface area contributed by atoms with Crippen LogP contribution >= 0.6 is 15.9 Å². The standard InChI is InChI=1S/C18H17BrF3N3O3/c19-16-15(10-5-7-11(8-6-10)28-18(20,21)22)24-13(9-23-16)17(27)25-12-3-1-2-4-14(12)26/h5-9,12,14,26H,1-4H2,(H,25,27)/t12-,14-/m1/s1. The van der Waals surface area contributed by atoms with E-state index in [2.05, 4.69) is 36.0 Å². The Morgan fingerprint density at radius 2 is 1.89 bits per heavy atom. The van der Waals surface area contributed by atoms with Crippen molar-refractivity contribution in [2.45, 2.75) is 44.2 Å². The maximum absolute atomic E-state index is 12.5. The van der Waals surface area contributed by atoms with Crippen molar-refractivity contribution in [2.24, 2.45) is 0 Å². The molecule has 0 unspecified atom stereocenters. The number of ether oxygens (including phenoxy) is 1. The van der Waals surface area contributed by atoms with Crippen molar-refractivity contribution < 1.29 is 27.8 Å².